The summed E-state index contributed by atoms with van der Waals surface area (Å²) in [6, 6.07) is 8.03. The van der Waals surface area contributed by atoms with E-state index in [1.807, 2.05) is 30.5 Å². The van der Waals surface area contributed by atoms with E-state index in [2.05, 4.69) is 10.3 Å². The first-order valence-electron chi connectivity index (χ1n) is 5.87. The molecule has 18 heavy (non-hydrogen) atoms. The van der Waals surface area contributed by atoms with Crippen molar-refractivity contribution in [1.29, 1.82) is 0 Å². The molecule has 0 unspecified atom stereocenters. The Bertz CT molecular complexity index is 522. The number of aromatic nitrogens is 1. The fourth-order valence-corrected chi connectivity index (χ4v) is 1.83. The van der Waals surface area contributed by atoms with E-state index in [4.69, 9.17) is 9.84 Å². The van der Waals surface area contributed by atoms with Crippen LogP contribution >= 0.6 is 0 Å². The monoisotopic (exact) mass is 248 g/mol. The summed E-state index contributed by atoms with van der Waals surface area (Å²) in [6.07, 6.45) is 2.19. The zero-order valence-corrected chi connectivity index (χ0v) is 9.98. The number of benzene rings is 1. The Morgan fingerprint density at radius 1 is 1.39 bits per heavy atom. The van der Waals surface area contributed by atoms with E-state index in [1.54, 1.807) is 0 Å². The number of carbonyl (C=O) groups is 1. The first kappa shape index (κ1) is 12.4. The lowest BCUT2D eigenvalue weighted by molar-refractivity contribution is 0.119. The van der Waals surface area contributed by atoms with Crippen molar-refractivity contribution in [1.82, 2.24) is 10.3 Å². The van der Waals surface area contributed by atoms with Crippen molar-refractivity contribution >= 4 is 17.0 Å². The molecule has 0 radical (unpaired) electrons. The van der Waals surface area contributed by atoms with E-state index < -0.39 is 6.09 Å². The number of rotatable bonds is 5. The molecule has 0 spiro atoms. The second-order valence-electron chi connectivity index (χ2n) is 3.90. The van der Waals surface area contributed by atoms with Gasteiger partial charge in [-0.2, -0.15) is 0 Å². The van der Waals surface area contributed by atoms with Gasteiger partial charge >= 0.3 is 6.09 Å². The van der Waals surface area contributed by atoms with Crippen LogP contribution in [0, 0.1) is 0 Å². The van der Waals surface area contributed by atoms with Gasteiger partial charge in [0.15, 0.2) is 0 Å². The molecule has 0 atom stereocenters. The maximum absolute atomic E-state index is 11.1. The van der Waals surface area contributed by atoms with Gasteiger partial charge in [0.2, 0.25) is 0 Å². The highest BCUT2D eigenvalue weighted by atomic mass is 16.6. The standard InChI is InChI=1S/C13H16N2O3/c16-7-8-18-13(17)14-6-5-10-9-15-12-4-2-1-3-11(10)12/h1-4,9,15-16H,5-8H2,(H,14,17). The molecule has 0 aliphatic rings. The van der Waals surface area contributed by atoms with Gasteiger partial charge in [0.1, 0.15) is 6.61 Å². The highest BCUT2D eigenvalue weighted by Crippen LogP contribution is 2.17. The summed E-state index contributed by atoms with van der Waals surface area (Å²) in [5.74, 6) is 0. The van der Waals surface area contributed by atoms with Gasteiger partial charge in [-0.1, -0.05) is 18.2 Å². The second kappa shape index (κ2) is 6.07. The van der Waals surface area contributed by atoms with Crippen LogP contribution in [-0.2, 0) is 11.2 Å². The number of fused-ring (bicyclic) bond motifs is 1. The van der Waals surface area contributed by atoms with E-state index in [9.17, 15) is 4.79 Å². The number of H-pyrrole nitrogens is 1. The summed E-state index contributed by atoms with van der Waals surface area (Å²) in [5.41, 5.74) is 2.25. The molecule has 0 bridgehead atoms. The van der Waals surface area contributed by atoms with Crippen molar-refractivity contribution in [2.24, 2.45) is 0 Å². The largest absolute Gasteiger partial charge is 0.447 e. The zero-order chi connectivity index (χ0) is 12.8. The highest BCUT2D eigenvalue weighted by molar-refractivity contribution is 5.83. The summed E-state index contributed by atoms with van der Waals surface area (Å²) < 4.78 is 4.69. The number of nitrogens with one attached hydrogen (secondary N) is 2. The Morgan fingerprint density at radius 3 is 3.06 bits per heavy atom. The van der Waals surface area contributed by atoms with Crippen LogP contribution in [0.25, 0.3) is 10.9 Å². The van der Waals surface area contributed by atoms with Crippen molar-refractivity contribution < 1.29 is 14.6 Å². The molecule has 0 fully saturated rings. The quantitative estimate of drug-likeness (QED) is 0.749. The van der Waals surface area contributed by atoms with Gasteiger partial charge in [-0.15, -0.1) is 0 Å². The van der Waals surface area contributed by atoms with Crippen LogP contribution in [0.3, 0.4) is 0 Å². The molecule has 2 aromatic rings. The van der Waals surface area contributed by atoms with Gasteiger partial charge in [0.05, 0.1) is 6.61 Å². The summed E-state index contributed by atoms with van der Waals surface area (Å²) in [4.78, 5) is 14.3. The lowest BCUT2D eigenvalue weighted by Gasteiger charge is -2.05. The molecule has 0 aliphatic heterocycles. The maximum atomic E-state index is 11.1. The molecule has 0 saturated heterocycles. The second-order valence-corrected chi connectivity index (χ2v) is 3.90. The minimum Gasteiger partial charge on any atom is -0.447 e. The Hall–Kier alpha value is -2.01. The predicted molar refractivity (Wildman–Crippen MR) is 68.4 cm³/mol. The van der Waals surface area contributed by atoms with Crippen molar-refractivity contribution in [3.8, 4) is 0 Å². The van der Waals surface area contributed by atoms with Gasteiger partial charge in [-0.25, -0.2) is 4.79 Å². The molecule has 5 nitrogen and oxygen atoms in total. The minimum absolute atomic E-state index is 0.0267. The Morgan fingerprint density at radius 2 is 2.22 bits per heavy atom. The normalized spacial score (nSPS) is 10.5. The maximum Gasteiger partial charge on any atom is 0.407 e. The molecule has 5 heteroatoms. The van der Waals surface area contributed by atoms with Crippen molar-refractivity contribution in [3.05, 3.63) is 36.0 Å². The molecule has 1 heterocycles. The van der Waals surface area contributed by atoms with Crippen LogP contribution in [0.5, 0.6) is 0 Å². The lowest BCUT2D eigenvalue weighted by atomic mass is 10.1. The molecule has 0 saturated carbocycles. The zero-order valence-electron chi connectivity index (χ0n) is 9.98. The third-order valence-electron chi connectivity index (χ3n) is 2.66. The molecule has 0 aliphatic carbocycles. The molecular weight excluding hydrogens is 232 g/mol. The van der Waals surface area contributed by atoms with E-state index >= 15 is 0 Å². The molecule has 3 N–H and O–H groups in total. The summed E-state index contributed by atoms with van der Waals surface area (Å²) in [5, 5.41) is 12.3. The minimum atomic E-state index is -0.496. The molecule has 2 rings (SSSR count). The van der Waals surface area contributed by atoms with E-state index in [0.29, 0.717) is 6.54 Å². The van der Waals surface area contributed by atoms with E-state index in [0.717, 1.165) is 17.5 Å². The average Bonchev–Trinajstić information content (AvgIpc) is 2.80. The molecular formula is C13H16N2O3. The van der Waals surface area contributed by atoms with Crippen LogP contribution in [0.2, 0.25) is 0 Å². The van der Waals surface area contributed by atoms with Crippen LogP contribution in [0.1, 0.15) is 5.56 Å². The van der Waals surface area contributed by atoms with Crippen LogP contribution in [-0.4, -0.2) is 35.9 Å². The number of aliphatic hydroxyl groups excluding tert-OH is 1. The number of amides is 1. The van der Waals surface area contributed by atoms with E-state index in [-0.39, 0.29) is 13.2 Å². The molecule has 96 valence electrons. The highest BCUT2D eigenvalue weighted by Gasteiger charge is 2.04. The number of hydrogen-bond acceptors (Lipinski definition) is 3. The van der Waals surface area contributed by atoms with Gasteiger partial charge in [0, 0.05) is 23.6 Å². The van der Waals surface area contributed by atoms with Crippen molar-refractivity contribution in [3.63, 3.8) is 0 Å². The third-order valence-corrected chi connectivity index (χ3v) is 2.66. The van der Waals surface area contributed by atoms with E-state index in [1.165, 1.54) is 5.39 Å². The first-order chi connectivity index (χ1) is 8.81. The fourth-order valence-electron chi connectivity index (χ4n) is 1.83. The van der Waals surface area contributed by atoms with Gasteiger partial charge in [-0.3, -0.25) is 0 Å². The number of para-hydroxylation sites is 1. The van der Waals surface area contributed by atoms with Gasteiger partial charge in [0.25, 0.3) is 0 Å². The van der Waals surface area contributed by atoms with Crippen LogP contribution in [0.4, 0.5) is 4.79 Å². The van der Waals surface area contributed by atoms with Gasteiger partial charge < -0.3 is 20.1 Å². The Kier molecular flexibility index (Phi) is 4.20. The third kappa shape index (κ3) is 3.01. The fraction of sp³-hybridized carbons (Fsp3) is 0.308. The average molecular weight is 248 g/mol. The summed E-state index contributed by atoms with van der Waals surface area (Å²) >= 11 is 0. The number of ether oxygens (including phenoxy) is 1. The van der Waals surface area contributed by atoms with Crippen molar-refractivity contribution in [2.75, 3.05) is 19.8 Å². The van der Waals surface area contributed by atoms with Crippen LogP contribution in [0.15, 0.2) is 30.5 Å². The summed E-state index contributed by atoms with van der Waals surface area (Å²) in [6.45, 7) is 0.376. The molecule has 1 aromatic heterocycles. The number of aliphatic hydroxyl groups is 1. The number of hydrogen-bond donors (Lipinski definition) is 3. The summed E-state index contributed by atoms with van der Waals surface area (Å²) in [7, 11) is 0. The first-order valence-corrected chi connectivity index (χ1v) is 5.87. The Labute approximate surface area is 105 Å². The molecule has 1 amide bonds. The lowest BCUT2D eigenvalue weighted by Crippen LogP contribution is -2.27. The predicted octanol–water partition coefficient (Wildman–Crippen LogP) is 1.43. The van der Waals surface area contributed by atoms with Gasteiger partial charge in [-0.05, 0) is 18.1 Å². The van der Waals surface area contributed by atoms with Crippen molar-refractivity contribution in [2.45, 2.75) is 6.42 Å². The number of aromatic amines is 1. The molecule has 1 aromatic carbocycles. The number of carbonyl (C=O) groups excluding carboxylic acids is 1. The smallest absolute Gasteiger partial charge is 0.407 e. The number of alkyl carbamates (subject to hydrolysis) is 1. The Balaban J connectivity index is 1.85. The van der Waals surface area contributed by atoms with Crippen LogP contribution < -0.4 is 5.32 Å². The SMILES string of the molecule is O=C(NCCc1c[nH]c2ccccc12)OCCO. The topological polar surface area (TPSA) is 74.4 Å².